The summed E-state index contributed by atoms with van der Waals surface area (Å²) in [6.07, 6.45) is 4.22. The molecule has 1 N–H and O–H groups in total. The van der Waals surface area contributed by atoms with Crippen molar-refractivity contribution in [3.63, 3.8) is 0 Å². The van der Waals surface area contributed by atoms with Gasteiger partial charge in [-0.1, -0.05) is 97.9 Å². The molecule has 39 heavy (non-hydrogen) atoms. The number of aromatic nitrogens is 3. The summed E-state index contributed by atoms with van der Waals surface area (Å²) in [5.74, 6) is 0.616. The van der Waals surface area contributed by atoms with Gasteiger partial charge in [0.1, 0.15) is 11.9 Å². The Morgan fingerprint density at radius 1 is 0.846 bits per heavy atom. The number of nitrogens with zero attached hydrogens (tertiary/aromatic N) is 3. The molecule has 0 aliphatic carbocycles. The summed E-state index contributed by atoms with van der Waals surface area (Å²) < 4.78 is 33.4. The molecule has 1 heterocycles. The van der Waals surface area contributed by atoms with Crippen LogP contribution in [0.5, 0.6) is 0 Å². The Kier molecular flexibility index (Phi) is 11.3. The number of phosphoric ester groups is 1. The normalized spacial score (nSPS) is 13.3. The maximum absolute atomic E-state index is 12.3. The topological polar surface area (TPSA) is 104 Å². The molecule has 3 aromatic carbocycles. The predicted octanol–water partition coefficient (Wildman–Crippen LogP) is 6.11. The van der Waals surface area contributed by atoms with Gasteiger partial charge in [-0.15, -0.1) is 0 Å². The van der Waals surface area contributed by atoms with Crippen molar-refractivity contribution in [3.05, 3.63) is 120 Å². The van der Waals surface area contributed by atoms with Gasteiger partial charge in [-0.05, 0) is 37.0 Å². The molecule has 4 rings (SSSR count). The number of hydrogen-bond donors (Lipinski definition) is 1. The predicted molar refractivity (Wildman–Crippen MR) is 155 cm³/mol. The van der Waals surface area contributed by atoms with Crippen molar-refractivity contribution >= 4 is 18.6 Å². The number of hydrogen-bond acceptors (Lipinski definition) is 6. The van der Waals surface area contributed by atoms with Crippen LogP contribution in [0.15, 0.2) is 97.3 Å². The minimum atomic E-state index is -3.69. The van der Waals surface area contributed by atoms with E-state index in [4.69, 9.17) is 9.99 Å². The molecule has 8 nitrogen and oxygen atoms in total. The van der Waals surface area contributed by atoms with Gasteiger partial charge >= 0.3 is 7.82 Å². The van der Waals surface area contributed by atoms with Gasteiger partial charge in [-0.25, -0.2) is 14.2 Å². The minimum Gasteiger partial charge on any atom is -0.302 e. The molecule has 0 radical (unpaired) electrons. The largest absolute Gasteiger partial charge is 0.472 e. The second-order valence-corrected chi connectivity index (χ2v) is 11.6. The molecule has 2 unspecified atom stereocenters. The van der Waals surface area contributed by atoms with Crippen molar-refractivity contribution in [2.45, 2.75) is 38.0 Å². The lowest BCUT2D eigenvalue weighted by Gasteiger charge is -2.35. The first-order valence-corrected chi connectivity index (χ1v) is 15.9. The lowest BCUT2D eigenvalue weighted by Crippen LogP contribution is -2.38. The van der Waals surface area contributed by atoms with E-state index in [-0.39, 0.29) is 18.5 Å². The van der Waals surface area contributed by atoms with Crippen LogP contribution in [0.1, 0.15) is 55.0 Å². The van der Waals surface area contributed by atoms with E-state index in [1.54, 1.807) is 26.4 Å². The quantitative estimate of drug-likeness (QED) is 0.172. The van der Waals surface area contributed by atoms with E-state index in [1.807, 2.05) is 66.2 Å². The maximum Gasteiger partial charge on any atom is 0.472 e. The van der Waals surface area contributed by atoms with Crippen molar-refractivity contribution in [1.29, 1.82) is 0 Å². The van der Waals surface area contributed by atoms with Crippen molar-refractivity contribution < 1.29 is 22.7 Å². The van der Waals surface area contributed by atoms with Gasteiger partial charge in [-0.2, -0.15) is 5.10 Å². The summed E-state index contributed by atoms with van der Waals surface area (Å²) in [5.41, 5.74) is 2.57. The molecule has 1 aromatic heterocycles. The van der Waals surface area contributed by atoms with Gasteiger partial charge in [-0.3, -0.25) is 13.3 Å². The zero-order chi connectivity index (χ0) is 28.3. The smallest absolute Gasteiger partial charge is 0.302 e. The van der Waals surface area contributed by atoms with Crippen LogP contribution in [0, 0.1) is 0 Å². The lowest BCUT2D eigenvalue weighted by molar-refractivity contribution is 0.161. The van der Waals surface area contributed by atoms with E-state index in [9.17, 15) is 8.77 Å². The summed E-state index contributed by atoms with van der Waals surface area (Å²) >= 11 is 0. The maximum atomic E-state index is 12.3. The average molecular weight is 570 g/mol. The second kappa shape index (κ2) is 14.4. The Hall–Kier alpha value is -2.94. The molecular formula is C29H36N3O5PS. The molecule has 0 fully saturated rings. The Bertz CT molecular complexity index is 1250. The van der Waals surface area contributed by atoms with Gasteiger partial charge in [0.25, 0.3) is 0 Å². The van der Waals surface area contributed by atoms with Gasteiger partial charge in [0.05, 0.1) is 18.5 Å². The van der Waals surface area contributed by atoms with E-state index >= 15 is 0 Å². The molecule has 0 amide bonds. The zero-order valence-corrected chi connectivity index (χ0v) is 24.4. The number of phosphoric acid groups is 1. The van der Waals surface area contributed by atoms with Crippen LogP contribution in [0.25, 0.3) is 0 Å². The van der Waals surface area contributed by atoms with E-state index < -0.39 is 24.2 Å². The highest BCUT2D eigenvalue weighted by molar-refractivity contribution is 7.84. The molecule has 0 bridgehead atoms. The van der Waals surface area contributed by atoms with E-state index in [0.717, 1.165) is 23.1 Å². The van der Waals surface area contributed by atoms with Crippen molar-refractivity contribution in [3.8, 4) is 0 Å². The Balaban J connectivity index is 0.000000403. The molecule has 10 heteroatoms. The first-order chi connectivity index (χ1) is 18.8. The fourth-order valence-electron chi connectivity index (χ4n) is 4.45. The average Bonchev–Trinajstić information content (AvgIpc) is 3.41. The minimum absolute atomic E-state index is 0.188. The third-order valence-electron chi connectivity index (χ3n) is 6.07. The first kappa shape index (κ1) is 30.6. The Morgan fingerprint density at radius 2 is 1.26 bits per heavy atom. The fourth-order valence-corrected chi connectivity index (χ4v) is 6.05. The third kappa shape index (κ3) is 7.38. The zero-order valence-electron chi connectivity index (χ0n) is 22.7. The van der Waals surface area contributed by atoms with Gasteiger partial charge in [0.15, 0.2) is 5.82 Å². The highest BCUT2D eigenvalue weighted by atomic mass is 32.2. The summed E-state index contributed by atoms with van der Waals surface area (Å²) in [5, 5.41) is 4.73. The molecule has 0 aliphatic heterocycles. The highest BCUT2D eigenvalue weighted by Gasteiger charge is 2.40. The lowest BCUT2D eigenvalue weighted by atomic mass is 9.77. The monoisotopic (exact) mass is 569 g/mol. The number of rotatable bonds is 11. The SMILES string of the molecule is CCC(c1ncn(C(c2ccccc2)(c2ccccc2)c2ccccc2)n1)S(C)=O.CCOP(=O)(O)OCC. The van der Waals surface area contributed by atoms with Gasteiger partial charge in [0, 0.05) is 17.1 Å². The van der Waals surface area contributed by atoms with Crippen LogP contribution in [-0.2, 0) is 30.0 Å². The number of benzene rings is 3. The molecular weight excluding hydrogens is 533 g/mol. The Labute approximate surface area is 233 Å². The highest BCUT2D eigenvalue weighted by Crippen LogP contribution is 2.42. The van der Waals surface area contributed by atoms with Gasteiger partial charge in [0.2, 0.25) is 0 Å². The molecule has 0 spiro atoms. The van der Waals surface area contributed by atoms with E-state index in [2.05, 4.69) is 50.4 Å². The van der Waals surface area contributed by atoms with Gasteiger partial charge < -0.3 is 4.89 Å². The molecule has 0 aliphatic rings. The van der Waals surface area contributed by atoms with E-state index in [1.165, 1.54) is 0 Å². The molecule has 2 atom stereocenters. The molecule has 0 saturated carbocycles. The summed E-state index contributed by atoms with van der Waals surface area (Å²) in [7, 11) is -4.73. The van der Waals surface area contributed by atoms with Crippen LogP contribution in [0.4, 0.5) is 0 Å². The van der Waals surface area contributed by atoms with E-state index in [0.29, 0.717) is 5.82 Å². The fraction of sp³-hybridized carbons (Fsp3) is 0.310. The van der Waals surface area contributed by atoms with Crippen LogP contribution in [0.2, 0.25) is 0 Å². The molecule has 0 saturated heterocycles. The van der Waals surface area contributed by atoms with Crippen molar-refractivity contribution in [2.24, 2.45) is 0 Å². The molecule has 208 valence electrons. The van der Waals surface area contributed by atoms with Crippen LogP contribution in [0.3, 0.4) is 0 Å². The third-order valence-corrected chi connectivity index (χ3v) is 8.59. The van der Waals surface area contributed by atoms with Crippen molar-refractivity contribution in [1.82, 2.24) is 14.8 Å². The summed E-state index contributed by atoms with van der Waals surface area (Å²) in [4.78, 5) is 13.2. The first-order valence-electron chi connectivity index (χ1n) is 12.8. The van der Waals surface area contributed by atoms with Crippen molar-refractivity contribution in [2.75, 3.05) is 19.5 Å². The van der Waals surface area contributed by atoms with Crippen LogP contribution in [-0.4, -0.2) is 43.3 Å². The molecule has 4 aromatic rings. The summed E-state index contributed by atoms with van der Waals surface area (Å²) in [6.45, 7) is 5.65. The van der Waals surface area contributed by atoms with Crippen LogP contribution < -0.4 is 0 Å². The Morgan fingerprint density at radius 3 is 1.59 bits per heavy atom. The second-order valence-electron chi connectivity index (χ2n) is 8.56. The van der Waals surface area contributed by atoms with Crippen LogP contribution >= 0.6 is 7.82 Å². The summed E-state index contributed by atoms with van der Waals surface area (Å²) in [6, 6.07) is 31.1. The standard InChI is InChI=1S/C25H25N3OS.C4H11O4P/c1-3-23(30(2)29)24-26-19-28(27-24)25(20-13-7-4-8-14-20,21-15-9-5-10-16-21)22-17-11-6-12-18-22;1-3-7-9(5,6)8-4-2/h4-19,23H,3H2,1-2H3;3-4H2,1-2H3,(H,5,6).